The number of piperidine rings is 1. The number of hydrogen-bond acceptors (Lipinski definition) is 4. The van der Waals surface area contributed by atoms with Crippen molar-refractivity contribution in [1.82, 2.24) is 4.90 Å². The maximum absolute atomic E-state index is 12.2. The van der Waals surface area contributed by atoms with Gasteiger partial charge in [-0.25, -0.2) is 0 Å². The minimum atomic E-state index is -0.676. The molecule has 2 aliphatic heterocycles. The third-order valence-electron chi connectivity index (χ3n) is 5.44. The molecule has 2 heterocycles. The van der Waals surface area contributed by atoms with Crippen molar-refractivity contribution in [2.75, 3.05) is 32.9 Å². The Balaban J connectivity index is 1.35. The molecule has 6 heteroatoms. The van der Waals surface area contributed by atoms with E-state index < -0.39 is 5.97 Å². The third kappa shape index (κ3) is 3.43. The minimum absolute atomic E-state index is 0.0127. The summed E-state index contributed by atoms with van der Waals surface area (Å²) in [6.07, 6.45) is 4.93. The molecule has 1 amide bonds. The Morgan fingerprint density at radius 3 is 2.50 bits per heavy atom. The molecule has 1 atom stereocenters. The first-order valence-corrected chi connectivity index (χ1v) is 8.31. The Bertz CT molecular complexity index is 424. The fourth-order valence-corrected chi connectivity index (χ4v) is 3.76. The first-order chi connectivity index (χ1) is 10.6. The van der Waals surface area contributed by atoms with Crippen LogP contribution in [0.1, 0.15) is 38.5 Å². The maximum Gasteiger partial charge on any atom is 0.307 e. The van der Waals surface area contributed by atoms with Gasteiger partial charge in [-0.3, -0.25) is 9.59 Å². The van der Waals surface area contributed by atoms with Crippen molar-refractivity contribution < 1.29 is 24.2 Å². The number of ether oxygens (including phenoxy) is 2. The molecule has 1 saturated carbocycles. The van der Waals surface area contributed by atoms with Gasteiger partial charge in [0.05, 0.1) is 25.0 Å². The lowest BCUT2D eigenvalue weighted by atomic mass is 9.90. The van der Waals surface area contributed by atoms with Gasteiger partial charge in [0.2, 0.25) is 5.91 Å². The van der Waals surface area contributed by atoms with Gasteiger partial charge in [0.25, 0.3) is 0 Å². The molecule has 1 aliphatic carbocycles. The lowest BCUT2D eigenvalue weighted by Crippen LogP contribution is -2.40. The normalized spacial score (nSPS) is 27.8. The maximum atomic E-state index is 12.2. The van der Waals surface area contributed by atoms with E-state index in [0.717, 1.165) is 45.3 Å². The number of hydrogen-bond donors (Lipinski definition) is 1. The first kappa shape index (κ1) is 15.7. The molecule has 0 aromatic heterocycles. The van der Waals surface area contributed by atoms with Crippen molar-refractivity contribution in [3.8, 4) is 0 Å². The number of likely N-dealkylation sites (tertiary alicyclic amines) is 1. The van der Waals surface area contributed by atoms with Crippen molar-refractivity contribution >= 4 is 11.9 Å². The predicted molar refractivity (Wildman–Crippen MR) is 78.4 cm³/mol. The Kier molecular flexibility index (Phi) is 4.68. The highest BCUT2D eigenvalue weighted by Crippen LogP contribution is 2.59. The van der Waals surface area contributed by atoms with E-state index in [0.29, 0.717) is 26.1 Å². The number of aliphatic carboxylic acids is 1. The van der Waals surface area contributed by atoms with Crippen LogP contribution in [0.3, 0.4) is 0 Å². The van der Waals surface area contributed by atoms with Gasteiger partial charge in [0, 0.05) is 26.3 Å². The van der Waals surface area contributed by atoms with Crippen LogP contribution in [-0.2, 0) is 19.1 Å². The van der Waals surface area contributed by atoms with Crippen LogP contribution >= 0.6 is 0 Å². The molecule has 1 spiro atoms. The standard InChI is InChI=1S/C16H25NO5/c18-14(3-10-22-12-1-8-21-9-2-12)17-6-4-16(5-7-17)11-13(16)15(19)20/h12-13H,1-11H2,(H,19,20). The molecule has 22 heavy (non-hydrogen) atoms. The topological polar surface area (TPSA) is 76.1 Å². The zero-order chi connectivity index (χ0) is 15.6. The average molecular weight is 311 g/mol. The average Bonchev–Trinajstić information content (AvgIpc) is 3.23. The zero-order valence-electron chi connectivity index (χ0n) is 13.0. The second-order valence-corrected chi connectivity index (χ2v) is 6.77. The lowest BCUT2D eigenvalue weighted by molar-refractivity contribution is -0.140. The largest absolute Gasteiger partial charge is 0.481 e. The van der Waals surface area contributed by atoms with Gasteiger partial charge in [0.1, 0.15) is 0 Å². The monoisotopic (exact) mass is 311 g/mol. The van der Waals surface area contributed by atoms with E-state index in [9.17, 15) is 9.59 Å². The fourth-order valence-electron chi connectivity index (χ4n) is 3.76. The molecule has 0 radical (unpaired) electrons. The summed E-state index contributed by atoms with van der Waals surface area (Å²) in [5.41, 5.74) is -0.0127. The first-order valence-electron chi connectivity index (χ1n) is 8.31. The summed E-state index contributed by atoms with van der Waals surface area (Å²) in [6, 6.07) is 0. The van der Waals surface area contributed by atoms with Crippen molar-refractivity contribution in [3.05, 3.63) is 0 Å². The number of rotatable bonds is 5. The molecule has 3 rings (SSSR count). The highest BCUT2D eigenvalue weighted by atomic mass is 16.5. The van der Waals surface area contributed by atoms with E-state index in [-0.39, 0.29) is 23.3 Å². The highest BCUT2D eigenvalue weighted by Gasteiger charge is 2.59. The van der Waals surface area contributed by atoms with Gasteiger partial charge >= 0.3 is 5.97 Å². The number of carboxylic acid groups (broad SMARTS) is 1. The number of amides is 1. The second kappa shape index (κ2) is 6.54. The Labute approximate surface area is 130 Å². The molecule has 124 valence electrons. The number of carbonyl (C=O) groups is 2. The van der Waals surface area contributed by atoms with E-state index in [1.54, 1.807) is 0 Å². The molecule has 2 saturated heterocycles. The quantitative estimate of drug-likeness (QED) is 0.828. The summed E-state index contributed by atoms with van der Waals surface area (Å²) in [5, 5.41) is 9.08. The summed E-state index contributed by atoms with van der Waals surface area (Å²) < 4.78 is 11.0. The third-order valence-corrected chi connectivity index (χ3v) is 5.44. The molecule has 1 N–H and O–H groups in total. The van der Waals surface area contributed by atoms with Gasteiger partial charge in [-0.15, -0.1) is 0 Å². The van der Waals surface area contributed by atoms with Crippen LogP contribution in [0.25, 0.3) is 0 Å². The van der Waals surface area contributed by atoms with E-state index in [1.807, 2.05) is 4.90 Å². The highest BCUT2D eigenvalue weighted by molar-refractivity contribution is 5.77. The second-order valence-electron chi connectivity index (χ2n) is 6.77. The number of carboxylic acids is 1. The van der Waals surface area contributed by atoms with Crippen LogP contribution in [0.15, 0.2) is 0 Å². The van der Waals surface area contributed by atoms with Crippen LogP contribution in [0, 0.1) is 11.3 Å². The van der Waals surface area contributed by atoms with Crippen LogP contribution in [0.4, 0.5) is 0 Å². The van der Waals surface area contributed by atoms with Crippen LogP contribution < -0.4 is 0 Å². The van der Waals surface area contributed by atoms with Gasteiger partial charge < -0.3 is 19.5 Å². The molecule has 0 bridgehead atoms. The van der Waals surface area contributed by atoms with Crippen molar-refractivity contribution in [2.45, 2.75) is 44.6 Å². The molecular formula is C16H25NO5. The van der Waals surface area contributed by atoms with E-state index in [1.165, 1.54) is 0 Å². The summed E-state index contributed by atoms with van der Waals surface area (Å²) in [6.45, 7) is 3.36. The van der Waals surface area contributed by atoms with Crippen molar-refractivity contribution in [2.24, 2.45) is 11.3 Å². The molecule has 0 aromatic rings. The lowest BCUT2D eigenvalue weighted by Gasteiger charge is -2.33. The smallest absolute Gasteiger partial charge is 0.307 e. The summed E-state index contributed by atoms with van der Waals surface area (Å²) in [7, 11) is 0. The van der Waals surface area contributed by atoms with Crippen LogP contribution in [-0.4, -0.2) is 60.9 Å². The molecule has 1 unspecified atom stereocenters. The Morgan fingerprint density at radius 2 is 1.91 bits per heavy atom. The van der Waals surface area contributed by atoms with Gasteiger partial charge in [-0.05, 0) is 37.5 Å². The van der Waals surface area contributed by atoms with Crippen molar-refractivity contribution in [1.29, 1.82) is 0 Å². The SMILES string of the molecule is O=C(O)C1CC12CCN(C(=O)CCOC1CCOCC1)CC2. The number of carbonyl (C=O) groups excluding carboxylic acids is 1. The molecule has 6 nitrogen and oxygen atoms in total. The van der Waals surface area contributed by atoms with E-state index in [4.69, 9.17) is 14.6 Å². The zero-order valence-corrected chi connectivity index (χ0v) is 13.0. The van der Waals surface area contributed by atoms with Crippen LogP contribution in [0.5, 0.6) is 0 Å². The molecule has 0 aromatic carbocycles. The fraction of sp³-hybridized carbons (Fsp3) is 0.875. The summed E-state index contributed by atoms with van der Waals surface area (Å²) in [5.74, 6) is -0.722. The molecule has 3 fully saturated rings. The summed E-state index contributed by atoms with van der Waals surface area (Å²) >= 11 is 0. The van der Waals surface area contributed by atoms with E-state index >= 15 is 0 Å². The van der Waals surface area contributed by atoms with Gasteiger partial charge in [-0.2, -0.15) is 0 Å². The van der Waals surface area contributed by atoms with Crippen molar-refractivity contribution in [3.63, 3.8) is 0 Å². The van der Waals surface area contributed by atoms with Gasteiger partial charge in [-0.1, -0.05) is 0 Å². The van der Waals surface area contributed by atoms with Gasteiger partial charge in [0.15, 0.2) is 0 Å². The molecular weight excluding hydrogens is 286 g/mol. The molecule has 3 aliphatic rings. The Morgan fingerprint density at radius 1 is 1.23 bits per heavy atom. The van der Waals surface area contributed by atoms with Crippen LogP contribution in [0.2, 0.25) is 0 Å². The number of nitrogens with zero attached hydrogens (tertiary/aromatic N) is 1. The Hall–Kier alpha value is -1.14. The predicted octanol–water partition coefficient (Wildman–Crippen LogP) is 1.29. The minimum Gasteiger partial charge on any atom is -0.481 e. The van der Waals surface area contributed by atoms with E-state index in [2.05, 4.69) is 0 Å². The summed E-state index contributed by atoms with van der Waals surface area (Å²) in [4.78, 5) is 25.1.